The van der Waals surface area contributed by atoms with Crippen molar-refractivity contribution in [2.45, 2.75) is 108 Å². The topological polar surface area (TPSA) is 9.23 Å². The average molecular weight is 455 g/mol. The summed E-state index contributed by atoms with van der Waals surface area (Å²) in [6.07, 6.45) is 12.1. The number of ether oxygens (including phenoxy) is 1. The van der Waals surface area contributed by atoms with E-state index in [2.05, 4.69) is 6.92 Å². The summed E-state index contributed by atoms with van der Waals surface area (Å²) in [6, 6.07) is 9.63. The molecule has 0 radical (unpaired) electrons. The second-order valence-corrected chi connectivity index (χ2v) is 13.5. The highest BCUT2D eigenvalue weighted by Crippen LogP contribution is 2.40. The monoisotopic (exact) mass is 454 g/mol. The average Bonchev–Trinajstić information content (AvgIpc) is 2.78. The number of alkyl halides is 2. The van der Waals surface area contributed by atoms with Crippen LogP contribution in [0.1, 0.15) is 89.0 Å². The van der Waals surface area contributed by atoms with E-state index in [1.807, 2.05) is 6.07 Å². The zero-order chi connectivity index (χ0) is 22.1. The van der Waals surface area contributed by atoms with Gasteiger partial charge in [-0.3, -0.25) is 0 Å². The number of unbranched alkanes of at least 4 members (excludes halogenated alkanes) is 2. The van der Waals surface area contributed by atoms with E-state index in [0.717, 1.165) is 30.2 Å². The Morgan fingerprint density at radius 1 is 0.968 bits per heavy atom. The van der Waals surface area contributed by atoms with Gasteiger partial charge in [0.15, 0.2) is 11.6 Å². The third kappa shape index (κ3) is 8.14. The highest BCUT2D eigenvalue weighted by atomic mass is 28.3. The minimum Gasteiger partial charge on any atom is -0.485 e. The molecule has 1 aliphatic carbocycles. The van der Waals surface area contributed by atoms with Crippen molar-refractivity contribution in [2.75, 3.05) is 6.61 Å². The molecule has 2 fully saturated rings. The van der Waals surface area contributed by atoms with E-state index in [1.54, 1.807) is 18.1 Å². The Bertz CT molecular complexity index is 638. The van der Waals surface area contributed by atoms with Gasteiger partial charge in [0.2, 0.25) is 0 Å². The lowest BCUT2D eigenvalue weighted by Crippen LogP contribution is -2.22. The molecule has 1 nitrogen and oxygen atoms in total. The summed E-state index contributed by atoms with van der Waals surface area (Å²) >= 11 is 0. The summed E-state index contributed by atoms with van der Waals surface area (Å²) < 4.78 is 43.6. The van der Waals surface area contributed by atoms with Gasteiger partial charge in [0.1, 0.15) is 6.61 Å². The molecule has 0 unspecified atom stereocenters. The SMILES string of the molecule is CCCCC[Si@H]1CC[C@H](CC[C@H]2CC[C@H](c3ccc(OCC(F)F)c(F)c3)CC2)CC1. The first-order valence-electron chi connectivity index (χ1n) is 12.8. The summed E-state index contributed by atoms with van der Waals surface area (Å²) in [4.78, 5) is 0. The van der Waals surface area contributed by atoms with Crippen LogP contribution in [0.15, 0.2) is 18.2 Å². The Labute approximate surface area is 188 Å². The smallest absolute Gasteiger partial charge is 0.272 e. The predicted molar refractivity (Wildman–Crippen MR) is 126 cm³/mol. The van der Waals surface area contributed by atoms with Gasteiger partial charge in [-0.1, -0.05) is 76.1 Å². The molecule has 0 spiro atoms. The predicted octanol–water partition coefficient (Wildman–Crippen LogP) is 8.35. The van der Waals surface area contributed by atoms with E-state index < -0.39 is 27.6 Å². The number of halogens is 3. The van der Waals surface area contributed by atoms with Gasteiger partial charge in [0.05, 0.1) is 0 Å². The maximum atomic E-state index is 14.2. The van der Waals surface area contributed by atoms with Gasteiger partial charge in [-0.05, 0) is 61.1 Å². The Morgan fingerprint density at radius 3 is 2.26 bits per heavy atom. The molecule has 5 heteroatoms. The molecule has 1 aromatic carbocycles. The highest BCUT2D eigenvalue weighted by molar-refractivity contribution is 6.58. The minimum atomic E-state index is -2.59. The van der Waals surface area contributed by atoms with Crippen molar-refractivity contribution in [3.05, 3.63) is 29.6 Å². The first-order chi connectivity index (χ1) is 15.0. The van der Waals surface area contributed by atoms with Crippen molar-refractivity contribution < 1.29 is 17.9 Å². The standard InChI is InChI=1S/C26H41F3OSi/c1-2-3-4-15-31-16-13-21(14-17-31)6-5-20-7-9-22(10-8-20)23-11-12-25(24(27)18-23)30-19-26(28)29/h11-12,18,20-22,26,31H,2-10,13-17,19H2,1H3/t20-,21-,22-,31-. The number of hydrogen-bond donors (Lipinski definition) is 0. The normalized spacial score (nSPS) is 26.9. The van der Waals surface area contributed by atoms with Crippen LogP contribution in [0.3, 0.4) is 0 Å². The minimum absolute atomic E-state index is 0.0686. The van der Waals surface area contributed by atoms with Crippen LogP contribution in [0.5, 0.6) is 5.75 Å². The number of rotatable bonds is 11. The quantitative estimate of drug-likeness (QED) is 0.241. The van der Waals surface area contributed by atoms with Crippen LogP contribution in [0, 0.1) is 17.7 Å². The molecule has 0 atom stereocenters. The van der Waals surface area contributed by atoms with Crippen LogP contribution >= 0.6 is 0 Å². The van der Waals surface area contributed by atoms with Crippen molar-refractivity contribution in [1.82, 2.24) is 0 Å². The largest absolute Gasteiger partial charge is 0.485 e. The summed E-state index contributed by atoms with van der Waals surface area (Å²) in [6.45, 7) is 1.54. The maximum absolute atomic E-state index is 14.2. The van der Waals surface area contributed by atoms with Crippen molar-refractivity contribution in [1.29, 1.82) is 0 Å². The van der Waals surface area contributed by atoms with E-state index in [1.165, 1.54) is 69.9 Å². The van der Waals surface area contributed by atoms with Gasteiger partial charge >= 0.3 is 0 Å². The molecule has 0 aromatic heterocycles. The Balaban J connectivity index is 1.34. The Morgan fingerprint density at radius 2 is 1.65 bits per heavy atom. The van der Waals surface area contributed by atoms with E-state index >= 15 is 0 Å². The molecule has 2 aliphatic rings. The van der Waals surface area contributed by atoms with Gasteiger partial charge < -0.3 is 4.74 Å². The number of benzene rings is 1. The van der Waals surface area contributed by atoms with Gasteiger partial charge in [-0.15, -0.1) is 0 Å². The summed E-state index contributed by atoms with van der Waals surface area (Å²) in [5, 5.41) is 0. The van der Waals surface area contributed by atoms with Gasteiger partial charge in [-0.25, -0.2) is 13.2 Å². The zero-order valence-corrected chi connectivity index (χ0v) is 20.4. The Hall–Kier alpha value is -0.973. The van der Waals surface area contributed by atoms with Crippen LogP contribution in [-0.4, -0.2) is 21.8 Å². The summed E-state index contributed by atoms with van der Waals surface area (Å²) in [7, 11) is -0.393. The molecule has 1 aliphatic heterocycles. The fourth-order valence-corrected chi connectivity index (χ4v) is 9.41. The van der Waals surface area contributed by atoms with E-state index in [-0.39, 0.29) is 5.75 Å². The summed E-state index contributed by atoms with van der Waals surface area (Å²) in [5.41, 5.74) is 0.992. The molecular formula is C26H41F3OSi. The van der Waals surface area contributed by atoms with Crippen LogP contribution < -0.4 is 4.74 Å². The zero-order valence-electron chi connectivity index (χ0n) is 19.3. The first kappa shape index (κ1) is 24.7. The van der Waals surface area contributed by atoms with Crippen molar-refractivity contribution in [2.24, 2.45) is 11.8 Å². The second kappa shape index (κ2) is 12.9. The molecule has 1 saturated heterocycles. The van der Waals surface area contributed by atoms with E-state index in [0.29, 0.717) is 5.92 Å². The van der Waals surface area contributed by atoms with Crippen molar-refractivity contribution in [3.8, 4) is 5.75 Å². The number of hydrogen-bond acceptors (Lipinski definition) is 1. The molecule has 0 N–H and O–H groups in total. The lowest BCUT2D eigenvalue weighted by Gasteiger charge is -2.32. The molecule has 0 amide bonds. The molecule has 31 heavy (non-hydrogen) atoms. The molecule has 1 aromatic rings. The summed E-state index contributed by atoms with van der Waals surface area (Å²) in [5.74, 6) is 1.60. The molecule has 176 valence electrons. The molecule has 0 bridgehead atoms. The maximum Gasteiger partial charge on any atom is 0.272 e. The van der Waals surface area contributed by atoms with Gasteiger partial charge in [0, 0.05) is 8.80 Å². The lowest BCUT2D eigenvalue weighted by molar-refractivity contribution is 0.0799. The highest BCUT2D eigenvalue weighted by Gasteiger charge is 2.26. The molecule has 1 saturated carbocycles. The lowest BCUT2D eigenvalue weighted by atomic mass is 9.76. The van der Waals surface area contributed by atoms with Crippen molar-refractivity contribution in [3.63, 3.8) is 0 Å². The third-order valence-corrected chi connectivity index (χ3v) is 11.3. The van der Waals surface area contributed by atoms with E-state index in [9.17, 15) is 13.2 Å². The van der Waals surface area contributed by atoms with E-state index in [4.69, 9.17) is 4.74 Å². The fraction of sp³-hybridized carbons (Fsp3) is 0.769. The Kier molecular flexibility index (Phi) is 10.3. The molecule has 3 rings (SSSR count). The van der Waals surface area contributed by atoms with Crippen LogP contribution in [-0.2, 0) is 0 Å². The molecular weight excluding hydrogens is 413 g/mol. The van der Waals surface area contributed by atoms with Crippen LogP contribution in [0.25, 0.3) is 0 Å². The van der Waals surface area contributed by atoms with Crippen molar-refractivity contribution >= 4 is 8.80 Å². The van der Waals surface area contributed by atoms with Gasteiger partial charge in [0.25, 0.3) is 6.43 Å². The van der Waals surface area contributed by atoms with Crippen LogP contribution in [0.4, 0.5) is 13.2 Å². The third-order valence-electron chi connectivity index (χ3n) is 7.80. The fourth-order valence-electron chi connectivity index (χ4n) is 5.79. The second-order valence-electron chi connectivity index (χ2n) is 10.1. The van der Waals surface area contributed by atoms with Crippen LogP contribution in [0.2, 0.25) is 18.1 Å². The first-order valence-corrected chi connectivity index (χ1v) is 15.2. The van der Waals surface area contributed by atoms with Gasteiger partial charge in [-0.2, -0.15) is 0 Å². The molecule has 1 heterocycles.